The number of benzene rings is 2. The third kappa shape index (κ3) is 6.12. The van der Waals surface area contributed by atoms with Crippen LogP contribution in [0, 0.1) is 6.92 Å². The minimum atomic E-state index is 0.600. The predicted octanol–water partition coefficient (Wildman–Crippen LogP) is 5.15. The van der Waals surface area contributed by atoms with E-state index in [0.717, 1.165) is 47.8 Å². The molecule has 3 rings (SSSR count). The Morgan fingerprint density at radius 3 is 2.77 bits per heavy atom. The highest BCUT2D eigenvalue weighted by Crippen LogP contribution is 2.27. The molecule has 0 bridgehead atoms. The minimum Gasteiger partial charge on any atom is -0.497 e. The lowest BCUT2D eigenvalue weighted by Gasteiger charge is -2.27. The third-order valence-corrected chi connectivity index (χ3v) is 5.83. The normalized spacial score (nSPS) is 10.6. The maximum absolute atomic E-state index is 6.28. The summed E-state index contributed by atoms with van der Waals surface area (Å²) in [6.07, 6.45) is 6.48. The maximum atomic E-state index is 6.28. The highest BCUT2D eigenvalue weighted by molar-refractivity contribution is 7.80. The van der Waals surface area contributed by atoms with Gasteiger partial charge in [-0.3, -0.25) is 0 Å². The van der Waals surface area contributed by atoms with Gasteiger partial charge in [0.05, 0.1) is 20.5 Å². The Morgan fingerprint density at radius 1 is 1.23 bits per heavy atom. The van der Waals surface area contributed by atoms with E-state index in [9.17, 15) is 0 Å². The van der Waals surface area contributed by atoms with Crippen molar-refractivity contribution >= 4 is 34.6 Å². The van der Waals surface area contributed by atoms with Gasteiger partial charge in [-0.2, -0.15) is 0 Å². The summed E-state index contributed by atoms with van der Waals surface area (Å²) >= 11 is 12.1. The van der Waals surface area contributed by atoms with Crippen molar-refractivity contribution in [3.8, 4) is 11.5 Å². The Bertz CT molecular complexity index is 1010. The molecule has 0 spiro atoms. The van der Waals surface area contributed by atoms with E-state index in [1.165, 1.54) is 0 Å². The van der Waals surface area contributed by atoms with Gasteiger partial charge in [0, 0.05) is 54.4 Å². The van der Waals surface area contributed by atoms with Gasteiger partial charge in [0.1, 0.15) is 11.5 Å². The van der Waals surface area contributed by atoms with Gasteiger partial charge >= 0.3 is 0 Å². The van der Waals surface area contributed by atoms with Crippen molar-refractivity contribution in [2.24, 2.45) is 0 Å². The number of thiocarbonyl (C=S) groups is 1. The zero-order valence-corrected chi connectivity index (χ0v) is 19.5. The Kier molecular flexibility index (Phi) is 8.14. The van der Waals surface area contributed by atoms with Crippen LogP contribution in [0.25, 0.3) is 0 Å². The number of ether oxygens (including phenoxy) is 2. The van der Waals surface area contributed by atoms with Crippen molar-refractivity contribution < 1.29 is 9.47 Å². The fraction of sp³-hybridized carbons (Fsp3) is 0.304. The number of halogens is 1. The van der Waals surface area contributed by atoms with Gasteiger partial charge in [0.2, 0.25) is 0 Å². The fourth-order valence-corrected chi connectivity index (χ4v) is 3.68. The third-order valence-electron chi connectivity index (χ3n) is 5.06. The van der Waals surface area contributed by atoms with Crippen LogP contribution in [-0.4, -0.2) is 40.3 Å². The SMILES string of the molecule is COc1ccc(CN(CCCn2ccnc2)C(=S)Nc2cccc(Cl)c2C)c(OC)c1. The summed E-state index contributed by atoms with van der Waals surface area (Å²) in [5.74, 6) is 1.52. The molecule has 0 atom stereocenters. The van der Waals surface area contributed by atoms with Gasteiger partial charge in [0.25, 0.3) is 0 Å². The second-order valence-corrected chi connectivity index (χ2v) is 7.89. The molecule has 0 fully saturated rings. The average Bonchev–Trinajstić information content (AvgIpc) is 3.29. The molecule has 0 aliphatic rings. The number of rotatable bonds is 9. The number of aryl methyl sites for hydroxylation is 1. The lowest BCUT2D eigenvalue weighted by Crippen LogP contribution is -2.35. The van der Waals surface area contributed by atoms with Crippen LogP contribution in [0.15, 0.2) is 55.1 Å². The molecule has 0 unspecified atom stereocenters. The Labute approximate surface area is 193 Å². The quantitative estimate of drug-likeness (QED) is 0.447. The van der Waals surface area contributed by atoms with Gasteiger partial charge in [-0.15, -0.1) is 0 Å². The molecule has 1 N–H and O–H groups in total. The number of hydrogen-bond acceptors (Lipinski definition) is 4. The van der Waals surface area contributed by atoms with Gasteiger partial charge < -0.3 is 24.3 Å². The minimum absolute atomic E-state index is 0.600. The van der Waals surface area contributed by atoms with Crippen LogP contribution < -0.4 is 14.8 Å². The average molecular weight is 459 g/mol. The van der Waals surface area contributed by atoms with E-state index in [-0.39, 0.29) is 0 Å². The summed E-state index contributed by atoms with van der Waals surface area (Å²) in [5.41, 5.74) is 2.89. The first-order chi connectivity index (χ1) is 15.0. The summed E-state index contributed by atoms with van der Waals surface area (Å²) in [6.45, 7) is 4.19. The molecule has 164 valence electrons. The van der Waals surface area contributed by atoms with Crippen molar-refractivity contribution in [2.45, 2.75) is 26.4 Å². The second-order valence-electron chi connectivity index (χ2n) is 7.10. The summed E-state index contributed by atoms with van der Waals surface area (Å²) in [4.78, 5) is 6.24. The van der Waals surface area contributed by atoms with Gasteiger partial charge in [0.15, 0.2) is 5.11 Å². The fourth-order valence-electron chi connectivity index (χ4n) is 3.24. The molecular weight excluding hydrogens is 432 g/mol. The Balaban J connectivity index is 1.78. The highest BCUT2D eigenvalue weighted by Gasteiger charge is 2.15. The van der Waals surface area contributed by atoms with E-state index in [4.69, 9.17) is 33.3 Å². The molecule has 1 aromatic heterocycles. The van der Waals surface area contributed by atoms with Crippen LogP contribution in [0.1, 0.15) is 17.5 Å². The van der Waals surface area contributed by atoms with Crippen molar-refractivity contribution in [2.75, 3.05) is 26.1 Å². The number of anilines is 1. The zero-order valence-electron chi connectivity index (χ0n) is 18.0. The van der Waals surface area contributed by atoms with Gasteiger partial charge in [-0.05, 0) is 55.4 Å². The Hall–Kier alpha value is -2.77. The lowest BCUT2D eigenvalue weighted by atomic mass is 10.1. The van der Waals surface area contributed by atoms with Crippen molar-refractivity contribution in [3.63, 3.8) is 0 Å². The first kappa shape index (κ1) is 22.9. The number of hydrogen-bond donors (Lipinski definition) is 1. The smallest absolute Gasteiger partial charge is 0.173 e. The van der Waals surface area contributed by atoms with Crippen LogP contribution in [0.5, 0.6) is 11.5 Å². The van der Waals surface area contributed by atoms with Crippen molar-refractivity contribution in [1.29, 1.82) is 0 Å². The van der Waals surface area contributed by atoms with E-state index in [1.807, 2.05) is 55.8 Å². The number of imidazole rings is 1. The number of nitrogens with one attached hydrogen (secondary N) is 1. The molecule has 6 nitrogen and oxygen atoms in total. The topological polar surface area (TPSA) is 51.5 Å². The highest BCUT2D eigenvalue weighted by atomic mass is 35.5. The molecule has 1 heterocycles. The van der Waals surface area contributed by atoms with Crippen LogP contribution in [0.2, 0.25) is 5.02 Å². The summed E-state index contributed by atoms with van der Waals surface area (Å²) < 4.78 is 13.0. The number of methoxy groups -OCH3 is 2. The van der Waals surface area contributed by atoms with Crippen molar-refractivity contribution in [1.82, 2.24) is 14.5 Å². The summed E-state index contributed by atoms with van der Waals surface area (Å²) in [7, 11) is 3.30. The maximum Gasteiger partial charge on any atom is 0.173 e. The Morgan fingerprint density at radius 2 is 2.06 bits per heavy atom. The van der Waals surface area contributed by atoms with Gasteiger partial charge in [-0.1, -0.05) is 17.7 Å². The largest absolute Gasteiger partial charge is 0.497 e. The molecule has 8 heteroatoms. The molecule has 0 aliphatic carbocycles. The van der Waals surface area contributed by atoms with E-state index in [1.54, 1.807) is 20.4 Å². The molecule has 0 radical (unpaired) electrons. The number of aromatic nitrogens is 2. The summed E-state index contributed by atoms with van der Waals surface area (Å²) in [5, 5.41) is 4.70. The predicted molar refractivity (Wildman–Crippen MR) is 129 cm³/mol. The molecule has 2 aromatic carbocycles. The van der Waals surface area contributed by atoms with Gasteiger partial charge in [-0.25, -0.2) is 4.98 Å². The van der Waals surface area contributed by atoms with E-state index in [2.05, 4.69) is 19.8 Å². The van der Waals surface area contributed by atoms with Crippen LogP contribution in [0.4, 0.5) is 5.69 Å². The van der Waals surface area contributed by atoms with E-state index < -0.39 is 0 Å². The molecule has 0 saturated heterocycles. The molecule has 0 saturated carbocycles. The van der Waals surface area contributed by atoms with E-state index in [0.29, 0.717) is 16.7 Å². The monoisotopic (exact) mass is 458 g/mol. The zero-order chi connectivity index (χ0) is 22.2. The molecule has 0 amide bonds. The molecule has 3 aromatic rings. The van der Waals surface area contributed by atoms with Crippen molar-refractivity contribution in [3.05, 3.63) is 71.3 Å². The molecule has 0 aliphatic heterocycles. The first-order valence-corrected chi connectivity index (χ1v) is 10.8. The van der Waals surface area contributed by atoms with E-state index >= 15 is 0 Å². The molecule has 31 heavy (non-hydrogen) atoms. The first-order valence-electron chi connectivity index (χ1n) is 9.99. The lowest BCUT2D eigenvalue weighted by molar-refractivity contribution is 0.366. The second kappa shape index (κ2) is 11.0. The van der Waals surface area contributed by atoms with Crippen LogP contribution in [0.3, 0.4) is 0 Å². The molecular formula is C23H27ClN4O2S. The summed E-state index contributed by atoms with van der Waals surface area (Å²) in [6, 6.07) is 11.6. The van der Waals surface area contributed by atoms with Crippen LogP contribution in [-0.2, 0) is 13.1 Å². The number of nitrogens with zero attached hydrogens (tertiary/aromatic N) is 3. The standard InChI is InChI=1S/C23H27ClN4O2S/c1-17-20(24)6-4-7-21(17)26-23(31)28(12-5-11-27-13-10-25-16-27)15-18-8-9-19(29-2)14-22(18)30-3/h4,6-10,13-14,16H,5,11-12,15H2,1-3H3,(H,26,31). The van der Waals surface area contributed by atoms with Crippen LogP contribution >= 0.6 is 23.8 Å².